The van der Waals surface area contributed by atoms with Crippen molar-refractivity contribution in [3.8, 4) is 0 Å². The van der Waals surface area contributed by atoms with E-state index in [9.17, 15) is 4.79 Å². The molecule has 96 valence electrons. The molecule has 0 atom stereocenters. The first-order valence-electron chi connectivity index (χ1n) is 5.21. The van der Waals surface area contributed by atoms with Gasteiger partial charge in [0, 0.05) is 11.4 Å². The maximum absolute atomic E-state index is 11.3. The Morgan fingerprint density at radius 2 is 2.44 bits per heavy atom. The highest BCUT2D eigenvalue weighted by Crippen LogP contribution is 2.27. The molecular formula is C11H11ClN2O2S2. The number of rotatable bonds is 5. The molecule has 0 aliphatic heterocycles. The molecule has 0 amide bonds. The topological polar surface area (TPSA) is 51.2 Å². The number of nitrogens with one attached hydrogen (secondary N) is 1. The van der Waals surface area contributed by atoms with E-state index in [1.807, 2.05) is 11.4 Å². The SMILES string of the molecule is COC(=O)c1sc(NCCc2cccs2)nc1Cl. The number of methoxy groups -OCH3 is 1. The lowest BCUT2D eigenvalue weighted by Crippen LogP contribution is -2.03. The largest absolute Gasteiger partial charge is 0.465 e. The van der Waals surface area contributed by atoms with Crippen molar-refractivity contribution in [3.63, 3.8) is 0 Å². The summed E-state index contributed by atoms with van der Waals surface area (Å²) in [4.78, 5) is 17.1. The van der Waals surface area contributed by atoms with Crippen molar-refractivity contribution in [3.05, 3.63) is 32.4 Å². The second kappa shape index (κ2) is 6.17. The zero-order chi connectivity index (χ0) is 13.0. The van der Waals surface area contributed by atoms with E-state index >= 15 is 0 Å². The van der Waals surface area contributed by atoms with Gasteiger partial charge in [-0.15, -0.1) is 11.3 Å². The van der Waals surface area contributed by atoms with Crippen molar-refractivity contribution in [2.45, 2.75) is 6.42 Å². The van der Waals surface area contributed by atoms with Gasteiger partial charge < -0.3 is 10.1 Å². The molecule has 2 aromatic rings. The normalized spacial score (nSPS) is 10.3. The number of anilines is 1. The van der Waals surface area contributed by atoms with Crippen LogP contribution in [0.25, 0.3) is 0 Å². The van der Waals surface area contributed by atoms with E-state index in [1.54, 1.807) is 11.3 Å². The Hall–Kier alpha value is -1.11. The van der Waals surface area contributed by atoms with Gasteiger partial charge in [-0.2, -0.15) is 0 Å². The van der Waals surface area contributed by atoms with Crippen LogP contribution in [0.3, 0.4) is 0 Å². The third-order valence-corrected chi connectivity index (χ3v) is 4.50. The Kier molecular flexibility index (Phi) is 4.57. The summed E-state index contributed by atoms with van der Waals surface area (Å²) in [6.45, 7) is 0.755. The van der Waals surface area contributed by atoms with Crippen LogP contribution in [-0.2, 0) is 11.2 Å². The van der Waals surface area contributed by atoms with E-state index in [0.29, 0.717) is 10.0 Å². The highest BCUT2D eigenvalue weighted by atomic mass is 35.5. The number of carbonyl (C=O) groups is 1. The van der Waals surface area contributed by atoms with Gasteiger partial charge in [-0.25, -0.2) is 9.78 Å². The second-order valence-electron chi connectivity index (χ2n) is 3.39. The first kappa shape index (κ1) is 13.3. The molecule has 0 aliphatic rings. The summed E-state index contributed by atoms with van der Waals surface area (Å²) < 4.78 is 4.61. The zero-order valence-electron chi connectivity index (χ0n) is 9.60. The molecule has 0 aromatic carbocycles. The first-order valence-corrected chi connectivity index (χ1v) is 7.29. The number of thiophene rings is 1. The molecule has 0 saturated carbocycles. The molecule has 2 rings (SSSR count). The number of esters is 1. The average Bonchev–Trinajstić information content (AvgIpc) is 2.98. The van der Waals surface area contributed by atoms with Gasteiger partial charge in [0.2, 0.25) is 0 Å². The second-order valence-corrected chi connectivity index (χ2v) is 5.78. The summed E-state index contributed by atoms with van der Waals surface area (Å²) in [5, 5.41) is 6.01. The summed E-state index contributed by atoms with van der Waals surface area (Å²) in [5.74, 6) is -0.455. The molecule has 7 heteroatoms. The molecule has 0 aliphatic carbocycles. The zero-order valence-corrected chi connectivity index (χ0v) is 12.0. The number of halogens is 1. The monoisotopic (exact) mass is 302 g/mol. The third-order valence-electron chi connectivity index (χ3n) is 2.18. The molecule has 0 bridgehead atoms. The molecule has 2 aromatic heterocycles. The fourth-order valence-electron chi connectivity index (χ4n) is 1.34. The lowest BCUT2D eigenvalue weighted by atomic mass is 10.3. The van der Waals surface area contributed by atoms with Crippen LogP contribution < -0.4 is 5.32 Å². The molecule has 2 heterocycles. The van der Waals surface area contributed by atoms with E-state index in [4.69, 9.17) is 11.6 Å². The number of aromatic nitrogens is 1. The number of carbonyl (C=O) groups excluding carboxylic acids is 1. The van der Waals surface area contributed by atoms with Gasteiger partial charge >= 0.3 is 5.97 Å². The van der Waals surface area contributed by atoms with Gasteiger partial charge in [-0.3, -0.25) is 0 Å². The Morgan fingerprint density at radius 3 is 3.11 bits per heavy atom. The van der Waals surface area contributed by atoms with Gasteiger partial charge in [-0.05, 0) is 17.9 Å². The van der Waals surface area contributed by atoms with Crippen molar-refractivity contribution in [2.75, 3.05) is 19.0 Å². The number of nitrogens with zero attached hydrogens (tertiary/aromatic N) is 1. The summed E-state index contributed by atoms with van der Waals surface area (Å²) in [5.41, 5.74) is 0. The van der Waals surface area contributed by atoms with E-state index in [1.165, 1.54) is 23.3 Å². The van der Waals surface area contributed by atoms with Crippen LogP contribution in [0.2, 0.25) is 5.15 Å². The van der Waals surface area contributed by atoms with Crippen LogP contribution in [0.15, 0.2) is 17.5 Å². The van der Waals surface area contributed by atoms with E-state index in [2.05, 4.69) is 21.1 Å². The molecule has 1 N–H and O–H groups in total. The molecule has 18 heavy (non-hydrogen) atoms. The van der Waals surface area contributed by atoms with Gasteiger partial charge in [0.15, 0.2) is 15.2 Å². The standard InChI is InChI=1S/C11H11ClN2O2S2/c1-16-10(15)8-9(12)14-11(18-8)13-5-4-7-3-2-6-17-7/h2-3,6H,4-5H2,1H3,(H,13,14). The minimum atomic E-state index is -0.455. The van der Waals surface area contributed by atoms with Crippen LogP contribution in [0.5, 0.6) is 0 Å². The smallest absolute Gasteiger partial charge is 0.351 e. The summed E-state index contributed by atoms with van der Waals surface area (Å²) in [7, 11) is 1.32. The van der Waals surface area contributed by atoms with Crippen molar-refractivity contribution in [1.82, 2.24) is 4.98 Å². The number of ether oxygens (including phenoxy) is 1. The van der Waals surface area contributed by atoms with Crippen LogP contribution in [-0.4, -0.2) is 24.6 Å². The molecule has 0 saturated heterocycles. The minimum Gasteiger partial charge on any atom is -0.465 e. The van der Waals surface area contributed by atoms with E-state index < -0.39 is 5.97 Å². The Morgan fingerprint density at radius 1 is 1.61 bits per heavy atom. The molecular weight excluding hydrogens is 292 g/mol. The highest BCUT2D eigenvalue weighted by molar-refractivity contribution is 7.18. The highest BCUT2D eigenvalue weighted by Gasteiger charge is 2.16. The Labute approximate surface area is 118 Å². The Bertz CT molecular complexity index is 525. The van der Waals surface area contributed by atoms with Crippen LogP contribution in [0, 0.1) is 0 Å². The fraction of sp³-hybridized carbons (Fsp3) is 0.273. The van der Waals surface area contributed by atoms with E-state index in [-0.39, 0.29) is 5.15 Å². The van der Waals surface area contributed by atoms with Gasteiger partial charge in [0.1, 0.15) is 0 Å². The van der Waals surface area contributed by atoms with Crippen LogP contribution >= 0.6 is 34.3 Å². The average molecular weight is 303 g/mol. The summed E-state index contributed by atoms with van der Waals surface area (Å²) in [6.07, 6.45) is 0.919. The Balaban J connectivity index is 1.92. The van der Waals surface area contributed by atoms with Gasteiger partial charge in [0.05, 0.1) is 7.11 Å². The maximum atomic E-state index is 11.3. The molecule has 0 unspecified atom stereocenters. The summed E-state index contributed by atoms with van der Waals surface area (Å²) >= 11 is 8.78. The number of hydrogen-bond donors (Lipinski definition) is 1. The minimum absolute atomic E-state index is 0.186. The number of thiazole rings is 1. The molecule has 4 nitrogen and oxygen atoms in total. The lowest BCUT2D eigenvalue weighted by Gasteiger charge is -1.99. The molecule has 0 radical (unpaired) electrons. The van der Waals surface area contributed by atoms with Crippen LogP contribution in [0.1, 0.15) is 14.5 Å². The van der Waals surface area contributed by atoms with E-state index in [0.717, 1.165) is 13.0 Å². The quantitative estimate of drug-likeness (QED) is 0.861. The number of hydrogen-bond acceptors (Lipinski definition) is 6. The molecule has 0 spiro atoms. The predicted octanol–water partition coefficient (Wildman–Crippen LogP) is 3.30. The fourth-order valence-corrected chi connectivity index (χ4v) is 3.18. The van der Waals surface area contributed by atoms with Crippen LogP contribution in [0.4, 0.5) is 5.13 Å². The predicted molar refractivity (Wildman–Crippen MR) is 75.0 cm³/mol. The van der Waals surface area contributed by atoms with Crippen molar-refractivity contribution < 1.29 is 9.53 Å². The van der Waals surface area contributed by atoms with Crippen molar-refractivity contribution in [2.24, 2.45) is 0 Å². The first-order chi connectivity index (χ1) is 8.70. The summed E-state index contributed by atoms with van der Waals surface area (Å²) in [6, 6.07) is 4.11. The van der Waals surface area contributed by atoms with Crippen molar-refractivity contribution in [1.29, 1.82) is 0 Å². The maximum Gasteiger partial charge on any atom is 0.351 e. The molecule has 0 fully saturated rings. The van der Waals surface area contributed by atoms with Gasteiger partial charge in [0.25, 0.3) is 0 Å². The van der Waals surface area contributed by atoms with Crippen molar-refractivity contribution >= 4 is 45.4 Å². The third kappa shape index (κ3) is 3.22. The van der Waals surface area contributed by atoms with Gasteiger partial charge in [-0.1, -0.05) is 29.0 Å². The lowest BCUT2D eigenvalue weighted by molar-refractivity contribution is 0.0606.